The highest BCUT2D eigenvalue weighted by Crippen LogP contribution is 2.30. The number of benzene rings is 1. The second-order valence-corrected chi connectivity index (χ2v) is 5.74. The largest absolute Gasteiger partial charge is 0.478 e. The van der Waals surface area contributed by atoms with Gasteiger partial charge in [-0.3, -0.25) is 4.98 Å². The Morgan fingerprint density at radius 2 is 2.04 bits per heavy atom. The molecule has 0 bridgehead atoms. The summed E-state index contributed by atoms with van der Waals surface area (Å²) in [6, 6.07) is 6.66. The number of halogens is 1. The molecular weight excluding hydrogens is 338 g/mol. The summed E-state index contributed by atoms with van der Waals surface area (Å²) >= 11 is 5.94. The summed E-state index contributed by atoms with van der Waals surface area (Å²) in [5.41, 5.74) is 1.25. The zero-order valence-electron chi connectivity index (χ0n) is 13.2. The van der Waals surface area contributed by atoms with E-state index >= 15 is 0 Å². The number of carboxylic acids is 1. The molecule has 0 saturated heterocycles. The monoisotopic (exact) mass is 351 g/mol. The molecule has 0 aliphatic carbocycles. The molecule has 0 aliphatic rings. The molecule has 0 amide bonds. The highest BCUT2D eigenvalue weighted by atomic mass is 35.5. The molecule has 0 atom stereocenters. The van der Waals surface area contributed by atoms with Crippen LogP contribution < -0.4 is 5.32 Å². The third kappa shape index (κ3) is 3.36. The number of hydrogen-bond donors (Lipinski definition) is 2. The average molecular weight is 352 g/mol. The number of aromatic nitrogens is 2. The Kier molecular flexibility index (Phi) is 4.50. The predicted molar refractivity (Wildman–Crippen MR) is 101 cm³/mol. The highest BCUT2D eigenvalue weighted by molar-refractivity contribution is 6.31. The standard InChI is InChI=1S/C19H14ClN3O2/c1-3-13(20)8-11(2)22-18-15-6-7-21-10-16(15)14-5-4-12(19(24)25)9-17(14)23-18/h3-10H,1-2H2,(H,22,23)(H,24,25)/b13-8+. The fourth-order valence-electron chi connectivity index (χ4n) is 2.49. The fraction of sp³-hybridized carbons (Fsp3) is 0. The maximum atomic E-state index is 11.2. The van der Waals surface area contributed by atoms with Gasteiger partial charge in [0.15, 0.2) is 0 Å². The number of anilines is 1. The lowest BCUT2D eigenvalue weighted by molar-refractivity contribution is 0.0697. The summed E-state index contributed by atoms with van der Waals surface area (Å²) in [5.74, 6) is -0.461. The van der Waals surface area contributed by atoms with Crippen LogP contribution in [0.2, 0.25) is 0 Å². The quantitative estimate of drug-likeness (QED) is 0.514. The lowest BCUT2D eigenvalue weighted by Crippen LogP contribution is -2.01. The van der Waals surface area contributed by atoms with E-state index < -0.39 is 5.97 Å². The summed E-state index contributed by atoms with van der Waals surface area (Å²) < 4.78 is 0. The molecule has 3 aromatic rings. The second-order valence-electron chi connectivity index (χ2n) is 5.30. The third-order valence-corrected chi connectivity index (χ3v) is 3.89. The highest BCUT2D eigenvalue weighted by Gasteiger charge is 2.11. The predicted octanol–water partition coefficient (Wildman–Crippen LogP) is 4.72. The molecule has 1 aromatic carbocycles. The minimum atomic E-state index is -1.00. The van der Waals surface area contributed by atoms with E-state index in [-0.39, 0.29) is 5.56 Å². The van der Waals surface area contributed by atoms with Gasteiger partial charge in [0, 0.05) is 39.3 Å². The molecule has 0 aliphatic heterocycles. The molecule has 3 rings (SSSR count). The van der Waals surface area contributed by atoms with Crippen molar-refractivity contribution in [1.29, 1.82) is 0 Å². The summed E-state index contributed by atoms with van der Waals surface area (Å²) in [6.07, 6.45) is 6.52. The SMILES string of the molecule is C=C/C(Cl)=C\C(=C)Nc1nc2cc(C(=O)O)ccc2c2cnccc12. The molecule has 0 saturated carbocycles. The van der Waals surface area contributed by atoms with Gasteiger partial charge in [0.25, 0.3) is 0 Å². The van der Waals surface area contributed by atoms with Gasteiger partial charge in [-0.1, -0.05) is 36.9 Å². The Labute approximate surface area is 149 Å². The molecule has 2 aromatic heterocycles. The smallest absolute Gasteiger partial charge is 0.335 e. The van der Waals surface area contributed by atoms with E-state index in [1.807, 2.05) is 6.07 Å². The summed E-state index contributed by atoms with van der Waals surface area (Å²) in [7, 11) is 0. The minimum absolute atomic E-state index is 0.169. The molecule has 2 N–H and O–H groups in total. The van der Waals surface area contributed by atoms with Gasteiger partial charge in [-0.2, -0.15) is 0 Å². The molecule has 2 heterocycles. The van der Waals surface area contributed by atoms with Crippen molar-refractivity contribution in [3.05, 3.63) is 78.3 Å². The van der Waals surface area contributed by atoms with E-state index in [4.69, 9.17) is 11.6 Å². The van der Waals surface area contributed by atoms with Gasteiger partial charge >= 0.3 is 5.97 Å². The molecule has 124 valence electrons. The van der Waals surface area contributed by atoms with Gasteiger partial charge in [0.1, 0.15) is 5.82 Å². The first kappa shape index (κ1) is 16.7. The van der Waals surface area contributed by atoms with Crippen LogP contribution in [-0.2, 0) is 0 Å². The van der Waals surface area contributed by atoms with Crippen molar-refractivity contribution in [2.75, 3.05) is 5.32 Å². The Morgan fingerprint density at radius 1 is 1.24 bits per heavy atom. The molecule has 5 nitrogen and oxygen atoms in total. The third-order valence-electron chi connectivity index (χ3n) is 3.63. The van der Waals surface area contributed by atoms with Gasteiger partial charge in [-0.05, 0) is 24.3 Å². The zero-order chi connectivity index (χ0) is 18.0. The van der Waals surface area contributed by atoms with Gasteiger partial charge in [0.2, 0.25) is 0 Å². The Balaban J connectivity index is 2.20. The van der Waals surface area contributed by atoms with E-state index in [1.54, 1.807) is 30.6 Å². The first-order valence-corrected chi connectivity index (χ1v) is 7.73. The van der Waals surface area contributed by atoms with Crippen LogP contribution in [-0.4, -0.2) is 21.0 Å². The lowest BCUT2D eigenvalue weighted by Gasteiger charge is -2.12. The summed E-state index contributed by atoms with van der Waals surface area (Å²) in [4.78, 5) is 19.9. The molecule has 25 heavy (non-hydrogen) atoms. The minimum Gasteiger partial charge on any atom is -0.478 e. The average Bonchev–Trinajstić information content (AvgIpc) is 2.61. The van der Waals surface area contributed by atoms with Crippen LogP contribution in [0.1, 0.15) is 10.4 Å². The molecular formula is C19H14ClN3O2. The van der Waals surface area contributed by atoms with Gasteiger partial charge in [-0.25, -0.2) is 9.78 Å². The van der Waals surface area contributed by atoms with Crippen molar-refractivity contribution in [3.63, 3.8) is 0 Å². The number of fused-ring (bicyclic) bond motifs is 3. The van der Waals surface area contributed by atoms with Crippen LogP contribution in [0, 0.1) is 0 Å². The van der Waals surface area contributed by atoms with E-state index in [1.165, 1.54) is 12.1 Å². The van der Waals surface area contributed by atoms with Crippen LogP contribution in [0.5, 0.6) is 0 Å². The molecule has 0 spiro atoms. The van der Waals surface area contributed by atoms with Crippen LogP contribution in [0.25, 0.3) is 21.7 Å². The summed E-state index contributed by atoms with van der Waals surface area (Å²) in [5, 5.41) is 15.3. The maximum Gasteiger partial charge on any atom is 0.335 e. The fourth-order valence-corrected chi connectivity index (χ4v) is 2.62. The number of carboxylic acid groups (broad SMARTS) is 1. The summed E-state index contributed by atoms with van der Waals surface area (Å²) in [6.45, 7) is 7.49. The number of allylic oxidation sites excluding steroid dienone is 3. The molecule has 0 unspecified atom stereocenters. The van der Waals surface area contributed by atoms with E-state index in [0.29, 0.717) is 22.1 Å². The topological polar surface area (TPSA) is 75.1 Å². The lowest BCUT2D eigenvalue weighted by atomic mass is 10.1. The zero-order valence-corrected chi connectivity index (χ0v) is 13.9. The maximum absolute atomic E-state index is 11.2. The van der Waals surface area contributed by atoms with Crippen LogP contribution in [0.3, 0.4) is 0 Å². The van der Waals surface area contributed by atoms with E-state index in [9.17, 15) is 9.90 Å². The van der Waals surface area contributed by atoms with E-state index in [2.05, 4.69) is 28.4 Å². The van der Waals surface area contributed by atoms with Crippen molar-refractivity contribution in [2.45, 2.75) is 0 Å². The first-order valence-electron chi connectivity index (χ1n) is 7.36. The number of rotatable bonds is 5. The molecule has 0 fully saturated rings. The van der Waals surface area contributed by atoms with Crippen molar-refractivity contribution in [3.8, 4) is 0 Å². The van der Waals surface area contributed by atoms with Gasteiger partial charge in [-0.15, -0.1) is 0 Å². The van der Waals surface area contributed by atoms with Gasteiger partial charge < -0.3 is 10.4 Å². The van der Waals surface area contributed by atoms with E-state index in [0.717, 1.165) is 16.2 Å². The van der Waals surface area contributed by atoms with Crippen molar-refractivity contribution < 1.29 is 9.90 Å². The normalized spacial score (nSPS) is 11.5. The Morgan fingerprint density at radius 3 is 2.76 bits per heavy atom. The van der Waals surface area contributed by atoms with Gasteiger partial charge in [0.05, 0.1) is 11.1 Å². The van der Waals surface area contributed by atoms with Crippen LogP contribution >= 0.6 is 11.6 Å². The van der Waals surface area contributed by atoms with Crippen LogP contribution in [0.4, 0.5) is 5.82 Å². The number of aromatic carboxylic acids is 1. The van der Waals surface area contributed by atoms with Crippen molar-refractivity contribution in [2.24, 2.45) is 0 Å². The van der Waals surface area contributed by atoms with Crippen LogP contribution in [0.15, 0.2) is 72.7 Å². The van der Waals surface area contributed by atoms with Crippen molar-refractivity contribution >= 4 is 45.1 Å². The Bertz CT molecular complexity index is 1060. The number of pyridine rings is 2. The van der Waals surface area contributed by atoms with Crippen molar-refractivity contribution in [1.82, 2.24) is 9.97 Å². The number of carbonyl (C=O) groups is 1. The Hall–Kier alpha value is -3.18. The first-order chi connectivity index (χ1) is 12.0. The number of hydrogen-bond acceptors (Lipinski definition) is 4. The second kappa shape index (κ2) is 6.75. The number of nitrogens with one attached hydrogen (secondary N) is 1. The molecule has 0 radical (unpaired) electrons. The molecule has 6 heteroatoms. The number of nitrogens with zero attached hydrogens (tertiary/aromatic N) is 2.